The summed E-state index contributed by atoms with van der Waals surface area (Å²) in [7, 11) is 0. The van der Waals surface area contributed by atoms with E-state index in [1.54, 1.807) is 12.1 Å². The Morgan fingerprint density at radius 3 is 2.88 bits per heavy atom. The second-order valence-electron chi connectivity index (χ2n) is 4.68. The minimum absolute atomic E-state index is 0.330. The number of nitrogens with zero attached hydrogens (tertiary/aromatic N) is 1. The molecule has 84 valence electrons. The summed E-state index contributed by atoms with van der Waals surface area (Å²) in [5.74, 6) is 1.43. The van der Waals surface area contributed by atoms with Crippen LogP contribution in [0.1, 0.15) is 24.3 Å². The molecule has 3 nitrogen and oxygen atoms in total. The van der Waals surface area contributed by atoms with E-state index in [9.17, 15) is 5.11 Å². The van der Waals surface area contributed by atoms with Crippen molar-refractivity contribution >= 4 is 6.21 Å². The van der Waals surface area contributed by atoms with Crippen LogP contribution in [0.3, 0.4) is 0 Å². The quantitative estimate of drug-likeness (QED) is 0.753. The maximum atomic E-state index is 9.26. The molecule has 2 N–H and O–H groups in total. The number of phenols is 1. The van der Waals surface area contributed by atoms with Crippen molar-refractivity contribution in [2.45, 2.75) is 24.9 Å². The van der Waals surface area contributed by atoms with Crippen LogP contribution in [0.25, 0.3) is 0 Å². The zero-order valence-electron chi connectivity index (χ0n) is 9.13. The van der Waals surface area contributed by atoms with Gasteiger partial charge in [-0.25, -0.2) is 0 Å². The highest BCUT2D eigenvalue weighted by Crippen LogP contribution is 2.33. The van der Waals surface area contributed by atoms with Crippen LogP contribution in [0.4, 0.5) is 0 Å². The van der Waals surface area contributed by atoms with E-state index in [4.69, 9.17) is 0 Å². The lowest BCUT2D eigenvalue weighted by Crippen LogP contribution is -2.29. The van der Waals surface area contributed by atoms with Crippen molar-refractivity contribution in [1.29, 1.82) is 0 Å². The molecule has 0 aliphatic carbocycles. The third-order valence-electron chi connectivity index (χ3n) is 3.62. The molecule has 3 rings (SSSR count). The Hall–Kier alpha value is -1.35. The molecule has 3 unspecified atom stereocenters. The molecule has 0 spiro atoms. The summed E-state index contributed by atoms with van der Waals surface area (Å²) in [4.78, 5) is 4.57. The zero-order valence-corrected chi connectivity index (χ0v) is 9.13. The van der Waals surface area contributed by atoms with Gasteiger partial charge < -0.3 is 5.11 Å². The van der Waals surface area contributed by atoms with Crippen LogP contribution in [0.5, 0.6) is 5.75 Å². The molecule has 2 aliphatic rings. The zero-order chi connectivity index (χ0) is 11.0. The topological polar surface area (TPSA) is 44.6 Å². The van der Waals surface area contributed by atoms with E-state index in [0.717, 1.165) is 6.54 Å². The van der Waals surface area contributed by atoms with Gasteiger partial charge in [0.2, 0.25) is 0 Å². The van der Waals surface area contributed by atoms with Crippen molar-refractivity contribution < 1.29 is 5.11 Å². The van der Waals surface area contributed by atoms with Gasteiger partial charge in [0.15, 0.2) is 0 Å². The van der Waals surface area contributed by atoms with E-state index >= 15 is 0 Å². The Labute approximate surface area is 95.2 Å². The van der Waals surface area contributed by atoms with Crippen molar-refractivity contribution in [2.75, 3.05) is 6.54 Å². The van der Waals surface area contributed by atoms with E-state index in [-0.39, 0.29) is 0 Å². The molecule has 1 saturated heterocycles. The molecular weight excluding hydrogens is 200 g/mol. The second kappa shape index (κ2) is 3.91. The number of aromatic hydroxyl groups is 1. The van der Waals surface area contributed by atoms with Crippen LogP contribution in [0.15, 0.2) is 29.3 Å². The number of fused-ring (bicyclic) bond motifs is 1. The number of benzene rings is 1. The van der Waals surface area contributed by atoms with Gasteiger partial charge in [-0.3, -0.25) is 10.3 Å². The summed E-state index contributed by atoms with van der Waals surface area (Å²) >= 11 is 0. The third-order valence-corrected chi connectivity index (χ3v) is 3.62. The molecule has 0 radical (unpaired) electrons. The molecule has 2 heterocycles. The van der Waals surface area contributed by atoms with Crippen LogP contribution in [-0.4, -0.2) is 24.0 Å². The Kier molecular flexibility index (Phi) is 2.40. The molecular formula is C13H16N2O. The maximum Gasteiger partial charge on any atom is 0.115 e. The number of rotatable bonds is 1. The highest BCUT2D eigenvalue weighted by atomic mass is 16.3. The van der Waals surface area contributed by atoms with Gasteiger partial charge in [0.25, 0.3) is 0 Å². The van der Waals surface area contributed by atoms with Gasteiger partial charge >= 0.3 is 0 Å². The van der Waals surface area contributed by atoms with Crippen molar-refractivity contribution in [3.8, 4) is 5.75 Å². The minimum Gasteiger partial charge on any atom is -0.508 e. The first-order valence-electron chi connectivity index (χ1n) is 5.88. The monoisotopic (exact) mass is 216 g/mol. The van der Waals surface area contributed by atoms with Crippen molar-refractivity contribution in [1.82, 2.24) is 5.32 Å². The van der Waals surface area contributed by atoms with Crippen molar-refractivity contribution in [3.05, 3.63) is 29.8 Å². The number of nitrogens with one attached hydrogen (secondary N) is 1. The van der Waals surface area contributed by atoms with Crippen LogP contribution < -0.4 is 5.32 Å². The molecule has 1 aromatic rings. The van der Waals surface area contributed by atoms with E-state index < -0.39 is 0 Å². The standard InChI is InChI=1S/C13H16N2O/c16-12-3-1-9(2-4-12)11-7-10-5-6-14-13(10)15-8-11/h1-4,8,10-11,13-14,16H,5-7H2. The molecule has 0 bridgehead atoms. The first-order valence-corrected chi connectivity index (χ1v) is 5.88. The lowest BCUT2D eigenvalue weighted by Gasteiger charge is -2.25. The fourth-order valence-electron chi connectivity index (χ4n) is 2.69. The van der Waals surface area contributed by atoms with E-state index in [2.05, 4.69) is 16.5 Å². The summed E-state index contributed by atoms with van der Waals surface area (Å²) in [6, 6.07) is 7.49. The number of hydrogen-bond acceptors (Lipinski definition) is 3. The normalized spacial score (nSPS) is 32.6. The average Bonchev–Trinajstić information content (AvgIpc) is 2.77. The lowest BCUT2D eigenvalue weighted by molar-refractivity contribution is 0.405. The first kappa shape index (κ1) is 9.85. The smallest absolute Gasteiger partial charge is 0.115 e. The summed E-state index contributed by atoms with van der Waals surface area (Å²) in [6.07, 6.45) is 4.82. The van der Waals surface area contributed by atoms with Crippen molar-refractivity contribution in [2.24, 2.45) is 10.9 Å². The highest BCUT2D eigenvalue weighted by molar-refractivity contribution is 5.69. The number of phenolic OH excluding ortho intramolecular Hbond substituents is 1. The number of aliphatic imine (C=N–C) groups is 1. The van der Waals surface area contributed by atoms with E-state index in [1.807, 2.05) is 12.1 Å². The van der Waals surface area contributed by atoms with Gasteiger partial charge in [-0.1, -0.05) is 12.1 Å². The lowest BCUT2D eigenvalue weighted by atomic mass is 9.86. The Bertz CT molecular complexity index is 399. The van der Waals surface area contributed by atoms with Gasteiger partial charge in [0, 0.05) is 12.1 Å². The van der Waals surface area contributed by atoms with Gasteiger partial charge in [-0.2, -0.15) is 0 Å². The van der Waals surface area contributed by atoms with Crippen molar-refractivity contribution in [3.63, 3.8) is 0 Å². The molecule has 16 heavy (non-hydrogen) atoms. The van der Waals surface area contributed by atoms with Crippen LogP contribution in [0.2, 0.25) is 0 Å². The van der Waals surface area contributed by atoms with Gasteiger partial charge in [0.05, 0.1) is 0 Å². The summed E-state index contributed by atoms with van der Waals surface area (Å²) < 4.78 is 0. The predicted molar refractivity (Wildman–Crippen MR) is 63.9 cm³/mol. The number of hydrogen-bond donors (Lipinski definition) is 2. The van der Waals surface area contributed by atoms with Gasteiger partial charge in [-0.15, -0.1) is 0 Å². The van der Waals surface area contributed by atoms with Crippen LogP contribution in [0, 0.1) is 5.92 Å². The molecule has 0 saturated carbocycles. The first-order chi connectivity index (χ1) is 7.83. The summed E-state index contributed by atoms with van der Waals surface area (Å²) in [5, 5.41) is 12.7. The molecule has 1 fully saturated rings. The Morgan fingerprint density at radius 1 is 1.25 bits per heavy atom. The molecule has 0 amide bonds. The third kappa shape index (κ3) is 1.71. The van der Waals surface area contributed by atoms with E-state index in [1.165, 1.54) is 18.4 Å². The molecule has 0 aromatic heterocycles. The maximum absolute atomic E-state index is 9.26. The molecule has 3 heteroatoms. The molecule has 1 aromatic carbocycles. The largest absolute Gasteiger partial charge is 0.508 e. The average molecular weight is 216 g/mol. The fraction of sp³-hybridized carbons (Fsp3) is 0.462. The Balaban J connectivity index is 1.81. The summed E-state index contributed by atoms with van der Waals surface area (Å²) in [5.41, 5.74) is 1.26. The SMILES string of the molecule is Oc1ccc(C2C=NC3NCCC3C2)cc1. The van der Waals surface area contributed by atoms with Gasteiger partial charge in [0.1, 0.15) is 11.9 Å². The second-order valence-corrected chi connectivity index (χ2v) is 4.68. The Morgan fingerprint density at radius 2 is 2.06 bits per heavy atom. The minimum atomic E-state index is 0.330. The van der Waals surface area contributed by atoms with Gasteiger partial charge in [-0.05, 0) is 43.0 Å². The van der Waals surface area contributed by atoms with Crippen LogP contribution >= 0.6 is 0 Å². The predicted octanol–water partition coefficient (Wildman–Crippen LogP) is 1.89. The van der Waals surface area contributed by atoms with Crippen LogP contribution in [-0.2, 0) is 0 Å². The molecule has 3 atom stereocenters. The highest BCUT2D eigenvalue weighted by Gasteiger charge is 2.31. The summed E-state index contributed by atoms with van der Waals surface area (Å²) in [6.45, 7) is 1.09. The van der Waals surface area contributed by atoms with E-state index in [0.29, 0.717) is 23.8 Å². The molecule has 2 aliphatic heterocycles. The fourth-order valence-corrected chi connectivity index (χ4v) is 2.69.